The predicted molar refractivity (Wildman–Crippen MR) is 110 cm³/mol. The molecular formula is C23H38NNaO2. The minimum atomic E-state index is -1.12. The summed E-state index contributed by atoms with van der Waals surface area (Å²) in [7, 11) is 0. The van der Waals surface area contributed by atoms with Crippen LogP contribution in [0.15, 0.2) is 24.3 Å². The summed E-state index contributed by atoms with van der Waals surface area (Å²) in [6.45, 7) is 3.09. The molecule has 0 heterocycles. The zero-order chi connectivity index (χ0) is 18.9. The summed E-state index contributed by atoms with van der Waals surface area (Å²) in [4.78, 5) is 11.0. The van der Waals surface area contributed by atoms with E-state index in [1.54, 1.807) is 18.2 Å². The van der Waals surface area contributed by atoms with Gasteiger partial charge in [0.05, 0.1) is 5.97 Å². The molecule has 0 saturated heterocycles. The third-order valence-electron chi connectivity index (χ3n) is 4.99. The van der Waals surface area contributed by atoms with Gasteiger partial charge in [-0.05, 0) is 12.5 Å². The topological polar surface area (TPSA) is 52.2 Å². The molecule has 1 rings (SSSR count). The molecule has 1 aromatic rings. The van der Waals surface area contributed by atoms with Crippen LogP contribution in [0.5, 0.6) is 0 Å². The first kappa shape index (κ1) is 26.5. The van der Waals surface area contributed by atoms with Gasteiger partial charge in [0.1, 0.15) is 0 Å². The molecule has 3 nitrogen and oxygen atoms in total. The van der Waals surface area contributed by atoms with Gasteiger partial charge in [0.2, 0.25) is 0 Å². The quantitative estimate of drug-likeness (QED) is 0.332. The largest absolute Gasteiger partial charge is 1.00 e. The summed E-state index contributed by atoms with van der Waals surface area (Å²) in [6, 6.07) is 6.96. The van der Waals surface area contributed by atoms with E-state index in [9.17, 15) is 9.90 Å². The maximum Gasteiger partial charge on any atom is 1.00 e. The Hall–Kier alpha value is -0.510. The Kier molecular flexibility index (Phi) is 18.5. The van der Waals surface area contributed by atoms with Crippen LogP contribution < -0.4 is 40.0 Å². The van der Waals surface area contributed by atoms with E-state index in [-0.39, 0.29) is 35.1 Å². The Balaban J connectivity index is 0.00000676. The van der Waals surface area contributed by atoms with Crippen LogP contribution in [0.3, 0.4) is 0 Å². The number of hydrogen-bond donors (Lipinski definition) is 1. The van der Waals surface area contributed by atoms with Crippen LogP contribution in [-0.4, -0.2) is 12.5 Å². The minimum Gasteiger partial charge on any atom is -0.545 e. The molecule has 0 aromatic heterocycles. The monoisotopic (exact) mass is 383 g/mol. The number of nitrogens with one attached hydrogen (secondary N) is 1. The van der Waals surface area contributed by atoms with Gasteiger partial charge in [-0.1, -0.05) is 109 Å². The maximum absolute atomic E-state index is 11.0. The number of aromatic carboxylic acids is 1. The molecule has 0 aliphatic carbocycles. The van der Waals surface area contributed by atoms with E-state index < -0.39 is 5.97 Å². The van der Waals surface area contributed by atoms with E-state index >= 15 is 0 Å². The van der Waals surface area contributed by atoms with Crippen molar-refractivity contribution in [3.8, 4) is 0 Å². The molecule has 0 aliphatic rings. The van der Waals surface area contributed by atoms with Gasteiger partial charge in [-0.2, -0.15) is 0 Å². The standard InChI is InChI=1S/C23H39NO2.Na/c1-2-3-4-5-6-7-8-9-10-11-12-13-14-17-20-24-22-19-16-15-18-21(22)23(25)26;/h15-16,18-19,24H,2-14,17,20H2,1H3,(H,25,26);/q;+1/p-1. The summed E-state index contributed by atoms with van der Waals surface area (Å²) < 4.78 is 0. The maximum atomic E-state index is 11.0. The van der Waals surface area contributed by atoms with Gasteiger partial charge in [-0.25, -0.2) is 0 Å². The van der Waals surface area contributed by atoms with Gasteiger partial charge in [0.15, 0.2) is 0 Å². The molecule has 0 amide bonds. The second kappa shape index (κ2) is 18.8. The third kappa shape index (κ3) is 14.2. The van der Waals surface area contributed by atoms with E-state index in [4.69, 9.17) is 0 Å². The summed E-state index contributed by atoms with van der Waals surface area (Å²) in [5, 5.41) is 14.2. The first-order chi connectivity index (χ1) is 12.8. The Morgan fingerprint density at radius 3 is 1.70 bits per heavy atom. The molecule has 148 valence electrons. The minimum absolute atomic E-state index is 0. The average Bonchev–Trinajstić information content (AvgIpc) is 2.65. The fraction of sp³-hybridized carbons (Fsp3) is 0.696. The SMILES string of the molecule is CCCCCCCCCCCCCCCCNc1ccccc1C(=O)[O-].[Na+]. The van der Waals surface area contributed by atoms with Gasteiger partial charge < -0.3 is 15.2 Å². The first-order valence-electron chi connectivity index (χ1n) is 10.8. The van der Waals surface area contributed by atoms with Crippen LogP contribution in [0, 0.1) is 0 Å². The van der Waals surface area contributed by atoms with Crippen molar-refractivity contribution in [1.82, 2.24) is 0 Å². The molecule has 4 heteroatoms. The molecule has 0 spiro atoms. The Morgan fingerprint density at radius 2 is 1.22 bits per heavy atom. The first-order valence-corrected chi connectivity index (χ1v) is 10.8. The molecule has 0 fully saturated rings. The number of hydrogen-bond acceptors (Lipinski definition) is 3. The van der Waals surface area contributed by atoms with Gasteiger partial charge in [0, 0.05) is 17.8 Å². The van der Waals surface area contributed by atoms with Crippen molar-refractivity contribution >= 4 is 11.7 Å². The molecular weight excluding hydrogens is 345 g/mol. The van der Waals surface area contributed by atoms with Gasteiger partial charge in [0.25, 0.3) is 0 Å². The fourth-order valence-corrected chi connectivity index (χ4v) is 3.36. The zero-order valence-corrected chi connectivity index (χ0v) is 19.7. The van der Waals surface area contributed by atoms with Gasteiger partial charge in [-0.15, -0.1) is 0 Å². The average molecular weight is 384 g/mol. The second-order valence-corrected chi connectivity index (χ2v) is 7.36. The van der Waals surface area contributed by atoms with E-state index in [0.717, 1.165) is 13.0 Å². The van der Waals surface area contributed by atoms with Crippen LogP contribution >= 0.6 is 0 Å². The molecule has 1 N–H and O–H groups in total. The van der Waals surface area contributed by atoms with Crippen molar-refractivity contribution in [3.63, 3.8) is 0 Å². The van der Waals surface area contributed by atoms with E-state index in [2.05, 4.69) is 12.2 Å². The molecule has 0 bridgehead atoms. The number of carbonyl (C=O) groups is 1. The van der Waals surface area contributed by atoms with Crippen LogP contribution in [0.2, 0.25) is 0 Å². The number of carboxylic acid groups (broad SMARTS) is 1. The summed E-state index contributed by atoms with van der Waals surface area (Å²) >= 11 is 0. The summed E-state index contributed by atoms with van der Waals surface area (Å²) in [5.74, 6) is -1.12. The number of carbonyl (C=O) groups excluding carboxylic acids is 1. The summed E-state index contributed by atoms with van der Waals surface area (Å²) in [5.41, 5.74) is 0.917. The van der Waals surface area contributed by atoms with Crippen LogP contribution in [0.25, 0.3) is 0 Å². The van der Waals surface area contributed by atoms with Gasteiger partial charge >= 0.3 is 29.6 Å². The van der Waals surface area contributed by atoms with Crippen molar-refractivity contribution in [1.29, 1.82) is 0 Å². The molecule has 0 saturated carbocycles. The smallest absolute Gasteiger partial charge is 0.545 e. The third-order valence-corrected chi connectivity index (χ3v) is 4.99. The van der Waals surface area contributed by atoms with E-state index in [0.29, 0.717) is 5.69 Å². The summed E-state index contributed by atoms with van der Waals surface area (Å²) in [6.07, 6.45) is 18.9. The zero-order valence-electron chi connectivity index (χ0n) is 17.7. The second-order valence-electron chi connectivity index (χ2n) is 7.36. The van der Waals surface area contributed by atoms with Gasteiger partial charge in [-0.3, -0.25) is 0 Å². The van der Waals surface area contributed by atoms with Crippen LogP contribution in [-0.2, 0) is 0 Å². The van der Waals surface area contributed by atoms with Crippen molar-refractivity contribution < 1.29 is 39.5 Å². The number of benzene rings is 1. The molecule has 0 atom stereocenters. The number of para-hydroxylation sites is 1. The fourth-order valence-electron chi connectivity index (χ4n) is 3.36. The van der Waals surface area contributed by atoms with Crippen molar-refractivity contribution in [2.75, 3.05) is 11.9 Å². The Labute approximate surface area is 189 Å². The van der Waals surface area contributed by atoms with Crippen LogP contribution in [0.4, 0.5) is 5.69 Å². The van der Waals surface area contributed by atoms with Crippen molar-refractivity contribution in [3.05, 3.63) is 29.8 Å². The van der Waals surface area contributed by atoms with E-state index in [1.165, 1.54) is 83.5 Å². The normalized spacial score (nSPS) is 10.4. The Bertz CT molecular complexity index is 479. The molecule has 1 aromatic carbocycles. The molecule has 0 radical (unpaired) electrons. The Morgan fingerprint density at radius 1 is 0.778 bits per heavy atom. The number of anilines is 1. The van der Waals surface area contributed by atoms with Crippen molar-refractivity contribution in [2.24, 2.45) is 0 Å². The predicted octanol–water partition coefficient (Wildman–Crippen LogP) is 2.95. The number of rotatable bonds is 17. The number of carboxylic acids is 1. The number of unbranched alkanes of at least 4 members (excludes halogenated alkanes) is 13. The van der Waals surface area contributed by atoms with Crippen molar-refractivity contribution in [2.45, 2.75) is 96.8 Å². The van der Waals surface area contributed by atoms with E-state index in [1.807, 2.05) is 6.07 Å². The molecule has 0 aliphatic heterocycles. The van der Waals surface area contributed by atoms with Crippen LogP contribution in [0.1, 0.15) is 107 Å². The molecule has 0 unspecified atom stereocenters. The molecule has 27 heavy (non-hydrogen) atoms.